The van der Waals surface area contributed by atoms with Gasteiger partial charge < -0.3 is 15.3 Å². The van der Waals surface area contributed by atoms with Crippen LogP contribution in [0.2, 0.25) is 0 Å². The van der Waals surface area contributed by atoms with Gasteiger partial charge in [0.25, 0.3) is 0 Å². The summed E-state index contributed by atoms with van der Waals surface area (Å²) >= 11 is 0. The third-order valence-electron chi connectivity index (χ3n) is 3.40. The fourth-order valence-electron chi connectivity index (χ4n) is 2.38. The molecule has 1 fully saturated rings. The van der Waals surface area contributed by atoms with Gasteiger partial charge in [-0.3, -0.25) is 9.48 Å². The van der Waals surface area contributed by atoms with Crippen LogP contribution in [0.3, 0.4) is 0 Å². The van der Waals surface area contributed by atoms with Crippen LogP contribution in [0.15, 0.2) is 12.4 Å². The Hall–Kier alpha value is -2.05. The number of piperidine rings is 1. The van der Waals surface area contributed by atoms with Gasteiger partial charge in [-0.25, -0.2) is 4.79 Å². The van der Waals surface area contributed by atoms with Crippen molar-refractivity contribution in [3.05, 3.63) is 18.0 Å². The molecule has 1 atom stereocenters. The average molecular weight is 280 g/mol. The highest BCUT2D eigenvalue weighted by atomic mass is 16.4. The Balaban J connectivity index is 1.86. The van der Waals surface area contributed by atoms with Gasteiger partial charge >= 0.3 is 12.0 Å². The second-order valence-electron chi connectivity index (χ2n) is 5.12. The number of hydrogen-bond acceptors (Lipinski definition) is 3. The first kappa shape index (κ1) is 14.4. The van der Waals surface area contributed by atoms with E-state index in [0.29, 0.717) is 13.1 Å². The van der Waals surface area contributed by atoms with Gasteiger partial charge in [0.05, 0.1) is 18.7 Å². The molecule has 1 aliphatic rings. The van der Waals surface area contributed by atoms with Gasteiger partial charge in [0.15, 0.2) is 0 Å². The summed E-state index contributed by atoms with van der Waals surface area (Å²) in [5.74, 6) is -0.908. The van der Waals surface area contributed by atoms with Crippen molar-refractivity contribution in [2.45, 2.75) is 32.2 Å². The molecule has 0 saturated carbocycles. The van der Waals surface area contributed by atoms with Crippen LogP contribution in [0.1, 0.15) is 30.9 Å². The van der Waals surface area contributed by atoms with E-state index in [0.717, 1.165) is 18.4 Å². The fraction of sp³-hybridized carbons (Fsp3) is 0.615. The first-order valence-electron chi connectivity index (χ1n) is 6.81. The number of amides is 2. The molecule has 0 aliphatic carbocycles. The fourth-order valence-corrected chi connectivity index (χ4v) is 2.38. The number of nitrogens with one attached hydrogen (secondary N) is 1. The van der Waals surface area contributed by atoms with Crippen LogP contribution in [0.25, 0.3) is 0 Å². The van der Waals surface area contributed by atoms with Crippen molar-refractivity contribution in [3.63, 3.8) is 0 Å². The molecule has 2 rings (SSSR count). The van der Waals surface area contributed by atoms with Crippen LogP contribution >= 0.6 is 0 Å². The Kier molecular flexibility index (Phi) is 4.60. The van der Waals surface area contributed by atoms with Crippen LogP contribution in [-0.2, 0) is 4.79 Å². The Morgan fingerprint density at radius 3 is 3.00 bits per heavy atom. The molecule has 0 radical (unpaired) electrons. The van der Waals surface area contributed by atoms with E-state index in [4.69, 9.17) is 5.11 Å². The third kappa shape index (κ3) is 3.72. The van der Waals surface area contributed by atoms with Crippen molar-refractivity contribution in [2.75, 3.05) is 19.6 Å². The smallest absolute Gasteiger partial charge is 0.317 e. The molecule has 2 N–H and O–H groups in total. The lowest BCUT2D eigenvalue weighted by atomic mass is 10.1. The summed E-state index contributed by atoms with van der Waals surface area (Å²) in [6, 6.07) is 0.00232. The van der Waals surface area contributed by atoms with E-state index in [1.165, 1.54) is 0 Å². The van der Waals surface area contributed by atoms with Gasteiger partial charge in [-0.15, -0.1) is 0 Å². The maximum Gasteiger partial charge on any atom is 0.317 e. The predicted molar refractivity (Wildman–Crippen MR) is 72.5 cm³/mol. The number of urea groups is 1. The van der Waals surface area contributed by atoms with Crippen molar-refractivity contribution in [1.82, 2.24) is 20.0 Å². The quantitative estimate of drug-likeness (QED) is 0.861. The molecule has 1 aromatic heterocycles. The minimum absolute atomic E-state index is 0.0542. The van der Waals surface area contributed by atoms with Gasteiger partial charge in [0.2, 0.25) is 0 Å². The highest BCUT2D eigenvalue weighted by Crippen LogP contribution is 2.21. The summed E-state index contributed by atoms with van der Waals surface area (Å²) in [6.07, 6.45) is 5.67. The second-order valence-corrected chi connectivity index (χ2v) is 5.12. The maximum absolute atomic E-state index is 12.0. The van der Waals surface area contributed by atoms with E-state index >= 15 is 0 Å². The van der Waals surface area contributed by atoms with Gasteiger partial charge in [-0.05, 0) is 25.3 Å². The van der Waals surface area contributed by atoms with E-state index in [1.807, 2.05) is 24.0 Å². The molecule has 0 aromatic carbocycles. The Bertz CT molecular complexity index is 486. The lowest BCUT2D eigenvalue weighted by Crippen LogP contribution is -2.46. The van der Waals surface area contributed by atoms with Gasteiger partial charge in [0.1, 0.15) is 0 Å². The minimum Gasteiger partial charge on any atom is -0.481 e. The van der Waals surface area contributed by atoms with Gasteiger partial charge in [0, 0.05) is 25.8 Å². The number of likely N-dealkylation sites (tertiary alicyclic amines) is 1. The Morgan fingerprint density at radius 2 is 2.35 bits per heavy atom. The highest BCUT2D eigenvalue weighted by molar-refractivity contribution is 5.75. The normalized spacial score (nSPS) is 18.9. The highest BCUT2D eigenvalue weighted by Gasteiger charge is 2.24. The lowest BCUT2D eigenvalue weighted by Gasteiger charge is -2.32. The number of carbonyl (C=O) groups is 2. The Labute approximate surface area is 117 Å². The van der Waals surface area contributed by atoms with Gasteiger partial charge in [-0.1, -0.05) is 0 Å². The summed E-state index contributed by atoms with van der Waals surface area (Å²) in [7, 11) is 0. The molecule has 1 aromatic rings. The van der Waals surface area contributed by atoms with Crippen molar-refractivity contribution < 1.29 is 14.7 Å². The number of nitrogens with zero attached hydrogens (tertiary/aromatic N) is 3. The van der Waals surface area contributed by atoms with Gasteiger partial charge in [-0.2, -0.15) is 5.10 Å². The summed E-state index contributed by atoms with van der Waals surface area (Å²) in [6.45, 7) is 3.47. The number of aliphatic carboxylic acids is 1. The van der Waals surface area contributed by atoms with Crippen LogP contribution < -0.4 is 5.32 Å². The van der Waals surface area contributed by atoms with Crippen molar-refractivity contribution in [2.24, 2.45) is 0 Å². The number of aryl methyl sites for hydroxylation is 1. The number of hydrogen-bond donors (Lipinski definition) is 2. The molecule has 0 bridgehead atoms. The van der Waals surface area contributed by atoms with E-state index < -0.39 is 5.97 Å². The SMILES string of the molecule is Cc1cnn(C2CCCN(C(=O)NCCC(=O)O)C2)c1. The number of carboxylic acid groups (broad SMARTS) is 1. The molecule has 0 spiro atoms. The number of carbonyl (C=O) groups excluding carboxylic acids is 1. The molecule has 1 saturated heterocycles. The molecule has 2 amide bonds. The summed E-state index contributed by atoms with van der Waals surface area (Å²) in [5, 5.41) is 15.5. The van der Waals surface area contributed by atoms with Crippen LogP contribution in [0.5, 0.6) is 0 Å². The summed E-state index contributed by atoms with van der Waals surface area (Å²) < 4.78 is 1.91. The summed E-state index contributed by atoms with van der Waals surface area (Å²) in [4.78, 5) is 24.1. The molecule has 110 valence electrons. The van der Waals surface area contributed by atoms with Crippen molar-refractivity contribution >= 4 is 12.0 Å². The third-order valence-corrected chi connectivity index (χ3v) is 3.40. The number of aromatic nitrogens is 2. The largest absolute Gasteiger partial charge is 0.481 e. The molecule has 1 aliphatic heterocycles. The second kappa shape index (κ2) is 6.40. The monoisotopic (exact) mass is 280 g/mol. The molecule has 20 heavy (non-hydrogen) atoms. The molecule has 7 heteroatoms. The average Bonchev–Trinajstić information content (AvgIpc) is 2.85. The van der Waals surface area contributed by atoms with Crippen molar-refractivity contribution in [3.8, 4) is 0 Å². The van der Waals surface area contributed by atoms with E-state index in [9.17, 15) is 9.59 Å². The minimum atomic E-state index is -0.908. The van der Waals surface area contributed by atoms with Crippen LogP contribution in [-0.4, -0.2) is 51.4 Å². The standard InChI is InChI=1S/C13H20N4O3/c1-10-7-15-17(8-10)11-3-2-6-16(9-11)13(20)14-5-4-12(18)19/h7-8,11H,2-6,9H2,1H3,(H,14,20)(H,18,19). The first-order chi connectivity index (χ1) is 9.56. The molecule has 7 nitrogen and oxygen atoms in total. The van der Waals surface area contributed by atoms with Crippen LogP contribution in [0, 0.1) is 6.92 Å². The van der Waals surface area contributed by atoms with E-state index in [1.54, 1.807) is 4.90 Å². The predicted octanol–water partition coefficient (Wildman–Crippen LogP) is 1.01. The first-order valence-corrected chi connectivity index (χ1v) is 6.81. The zero-order chi connectivity index (χ0) is 14.5. The maximum atomic E-state index is 12.0. The zero-order valence-corrected chi connectivity index (χ0v) is 11.6. The van der Waals surface area contributed by atoms with E-state index in [-0.39, 0.29) is 25.0 Å². The molecule has 2 heterocycles. The molecular formula is C13H20N4O3. The summed E-state index contributed by atoms with van der Waals surface area (Å²) in [5.41, 5.74) is 1.10. The lowest BCUT2D eigenvalue weighted by molar-refractivity contribution is -0.136. The molecular weight excluding hydrogens is 260 g/mol. The number of carboxylic acids is 1. The van der Waals surface area contributed by atoms with Crippen molar-refractivity contribution in [1.29, 1.82) is 0 Å². The molecule has 1 unspecified atom stereocenters. The number of rotatable bonds is 4. The van der Waals surface area contributed by atoms with E-state index in [2.05, 4.69) is 10.4 Å². The van der Waals surface area contributed by atoms with Crippen LogP contribution in [0.4, 0.5) is 4.79 Å². The topological polar surface area (TPSA) is 87.5 Å². The zero-order valence-electron chi connectivity index (χ0n) is 11.6. The Morgan fingerprint density at radius 1 is 1.55 bits per heavy atom.